The van der Waals surface area contributed by atoms with Crippen molar-refractivity contribution in [2.24, 2.45) is 0 Å². The van der Waals surface area contributed by atoms with E-state index in [0.29, 0.717) is 11.4 Å². The molecule has 0 unspecified atom stereocenters. The average molecular weight is 598 g/mol. The summed E-state index contributed by atoms with van der Waals surface area (Å²) in [5.41, 5.74) is 3.77. The molecule has 0 radical (unpaired) electrons. The lowest BCUT2D eigenvalue weighted by atomic mass is 10.1. The second kappa shape index (κ2) is 11.7. The number of carbonyl (C=O) groups is 1. The fraction of sp³-hybridized carbons (Fsp3) is 0.138. The third kappa shape index (κ3) is 6.64. The smallest absolute Gasteiger partial charge is 0.264 e. The van der Waals surface area contributed by atoms with E-state index in [-0.39, 0.29) is 20.5 Å². The van der Waals surface area contributed by atoms with Crippen LogP contribution in [-0.2, 0) is 24.8 Å². The number of benzene rings is 4. The average Bonchev–Trinajstić information content (AvgIpc) is 2.90. The summed E-state index contributed by atoms with van der Waals surface area (Å²) in [6, 6.07) is 23.5. The number of halogens is 1. The van der Waals surface area contributed by atoms with Gasteiger partial charge in [-0.1, -0.05) is 47.5 Å². The van der Waals surface area contributed by atoms with E-state index in [9.17, 15) is 21.6 Å². The number of carbonyl (C=O) groups excluding carboxylic acids is 1. The molecule has 0 saturated heterocycles. The largest absolute Gasteiger partial charge is 0.325 e. The number of para-hydroxylation sites is 1. The van der Waals surface area contributed by atoms with E-state index in [1.807, 2.05) is 26.8 Å². The van der Waals surface area contributed by atoms with Crippen LogP contribution in [-0.4, -0.2) is 29.3 Å². The number of rotatable bonds is 9. The summed E-state index contributed by atoms with van der Waals surface area (Å²) < 4.78 is 56.3. The highest BCUT2D eigenvalue weighted by molar-refractivity contribution is 7.93. The number of nitrogens with one attached hydrogen (secondary N) is 2. The molecule has 0 aliphatic heterocycles. The number of hydrogen-bond donors (Lipinski definition) is 2. The molecule has 0 fully saturated rings. The van der Waals surface area contributed by atoms with Crippen LogP contribution in [0.5, 0.6) is 0 Å². The van der Waals surface area contributed by atoms with E-state index in [0.717, 1.165) is 21.0 Å². The summed E-state index contributed by atoms with van der Waals surface area (Å²) in [6.45, 7) is 5.11. The first-order valence-electron chi connectivity index (χ1n) is 12.2. The molecule has 1 amide bonds. The number of sulfonamides is 2. The molecule has 0 spiro atoms. The maximum atomic E-state index is 13.5. The molecule has 208 valence electrons. The van der Waals surface area contributed by atoms with Crippen molar-refractivity contribution >= 4 is 54.6 Å². The third-order valence-electron chi connectivity index (χ3n) is 6.22. The molecule has 0 aliphatic carbocycles. The van der Waals surface area contributed by atoms with Gasteiger partial charge in [-0.3, -0.25) is 13.8 Å². The van der Waals surface area contributed by atoms with Gasteiger partial charge in [0.2, 0.25) is 5.91 Å². The molecule has 0 atom stereocenters. The van der Waals surface area contributed by atoms with Gasteiger partial charge in [-0.15, -0.1) is 0 Å². The van der Waals surface area contributed by atoms with Crippen LogP contribution in [0, 0.1) is 20.8 Å². The summed E-state index contributed by atoms with van der Waals surface area (Å²) in [7, 11) is -8.01. The number of hydrogen-bond acceptors (Lipinski definition) is 5. The lowest BCUT2D eigenvalue weighted by molar-refractivity contribution is -0.114. The Labute approximate surface area is 239 Å². The zero-order valence-electron chi connectivity index (χ0n) is 22.1. The standard InChI is InChI=1S/C29H28ClN3O5S2/c1-20-8-14-26(15-9-20)40(37,38)33(28-7-5-4-6-27(28)30)19-29(34)31-23-12-16-25(17-13-23)39(35,36)32-24-11-10-21(2)22(3)18-24/h4-18,32H,19H2,1-3H3,(H,31,34). The van der Waals surface area contributed by atoms with Crippen LogP contribution in [0.4, 0.5) is 17.1 Å². The first kappa shape index (κ1) is 29.1. The van der Waals surface area contributed by atoms with E-state index < -0.39 is 32.5 Å². The molecule has 4 rings (SSSR count). The van der Waals surface area contributed by atoms with Gasteiger partial charge in [0, 0.05) is 11.4 Å². The quantitative estimate of drug-likeness (QED) is 0.249. The van der Waals surface area contributed by atoms with E-state index in [4.69, 9.17) is 11.6 Å². The number of nitrogens with zero attached hydrogens (tertiary/aromatic N) is 1. The summed E-state index contributed by atoms with van der Waals surface area (Å²) in [4.78, 5) is 13.0. The van der Waals surface area contributed by atoms with Crippen LogP contribution in [0.2, 0.25) is 5.02 Å². The van der Waals surface area contributed by atoms with Gasteiger partial charge in [0.1, 0.15) is 6.54 Å². The van der Waals surface area contributed by atoms with Gasteiger partial charge in [-0.25, -0.2) is 16.8 Å². The van der Waals surface area contributed by atoms with Crippen LogP contribution >= 0.6 is 11.6 Å². The highest BCUT2D eigenvalue weighted by Crippen LogP contribution is 2.30. The Hall–Kier alpha value is -3.86. The fourth-order valence-corrected chi connectivity index (χ4v) is 6.64. The van der Waals surface area contributed by atoms with Crippen molar-refractivity contribution in [2.75, 3.05) is 20.9 Å². The van der Waals surface area contributed by atoms with Crippen molar-refractivity contribution in [3.05, 3.63) is 113 Å². The predicted molar refractivity (Wildman–Crippen MR) is 159 cm³/mol. The SMILES string of the molecule is Cc1ccc(S(=O)(=O)N(CC(=O)Nc2ccc(S(=O)(=O)Nc3ccc(C)c(C)c3)cc2)c2ccccc2Cl)cc1. The van der Waals surface area contributed by atoms with Crippen molar-refractivity contribution in [1.82, 2.24) is 0 Å². The predicted octanol–water partition coefficient (Wildman–Crippen LogP) is 5.90. The first-order valence-corrected chi connectivity index (χ1v) is 15.5. The maximum Gasteiger partial charge on any atom is 0.264 e. The Morgan fingerprint density at radius 2 is 1.35 bits per heavy atom. The topological polar surface area (TPSA) is 113 Å². The molecule has 0 heterocycles. The molecule has 4 aromatic rings. The zero-order chi connectivity index (χ0) is 29.1. The molecular formula is C29H28ClN3O5S2. The minimum Gasteiger partial charge on any atom is -0.325 e. The summed E-state index contributed by atoms with van der Waals surface area (Å²) in [5, 5.41) is 2.80. The van der Waals surface area contributed by atoms with Crippen LogP contribution in [0.1, 0.15) is 16.7 Å². The van der Waals surface area contributed by atoms with Gasteiger partial charge in [0.15, 0.2) is 0 Å². The molecule has 2 N–H and O–H groups in total. The van der Waals surface area contributed by atoms with E-state index in [1.165, 1.54) is 48.5 Å². The van der Waals surface area contributed by atoms with E-state index in [1.54, 1.807) is 36.4 Å². The second-order valence-corrected chi connectivity index (χ2v) is 13.2. The van der Waals surface area contributed by atoms with Gasteiger partial charge in [-0.05, 0) is 92.6 Å². The Bertz CT molecular complexity index is 1760. The van der Waals surface area contributed by atoms with Crippen molar-refractivity contribution < 1.29 is 21.6 Å². The van der Waals surface area contributed by atoms with Crippen molar-refractivity contribution in [2.45, 2.75) is 30.6 Å². The molecule has 11 heteroatoms. The second-order valence-electron chi connectivity index (χ2n) is 9.25. The van der Waals surface area contributed by atoms with Crippen LogP contribution in [0.3, 0.4) is 0 Å². The summed E-state index contributed by atoms with van der Waals surface area (Å²) in [6.07, 6.45) is 0. The third-order valence-corrected chi connectivity index (χ3v) is 9.72. The van der Waals surface area contributed by atoms with Gasteiger partial charge >= 0.3 is 0 Å². The number of anilines is 3. The normalized spacial score (nSPS) is 11.6. The van der Waals surface area contributed by atoms with Gasteiger partial charge in [0.25, 0.3) is 20.0 Å². The Balaban J connectivity index is 1.53. The Kier molecular flexibility index (Phi) is 8.53. The molecule has 0 aliphatic rings. The van der Waals surface area contributed by atoms with Crippen molar-refractivity contribution in [3.63, 3.8) is 0 Å². The van der Waals surface area contributed by atoms with Crippen LogP contribution < -0.4 is 14.3 Å². The molecule has 0 aromatic heterocycles. The highest BCUT2D eigenvalue weighted by Gasteiger charge is 2.28. The molecule has 0 bridgehead atoms. The van der Waals surface area contributed by atoms with E-state index >= 15 is 0 Å². The minimum absolute atomic E-state index is 0.00312. The summed E-state index contributed by atoms with van der Waals surface area (Å²) in [5.74, 6) is -0.639. The van der Waals surface area contributed by atoms with E-state index in [2.05, 4.69) is 10.0 Å². The first-order chi connectivity index (χ1) is 18.9. The molecule has 8 nitrogen and oxygen atoms in total. The van der Waals surface area contributed by atoms with Gasteiger partial charge in [-0.2, -0.15) is 0 Å². The molecule has 0 saturated carbocycles. The number of amides is 1. The van der Waals surface area contributed by atoms with Crippen LogP contribution in [0.25, 0.3) is 0 Å². The van der Waals surface area contributed by atoms with Crippen molar-refractivity contribution in [3.8, 4) is 0 Å². The van der Waals surface area contributed by atoms with Gasteiger partial charge < -0.3 is 5.32 Å². The zero-order valence-corrected chi connectivity index (χ0v) is 24.4. The molecule has 40 heavy (non-hydrogen) atoms. The molecule has 4 aromatic carbocycles. The molecular weight excluding hydrogens is 570 g/mol. The Morgan fingerprint density at radius 1 is 0.750 bits per heavy atom. The lowest BCUT2D eigenvalue weighted by Gasteiger charge is -2.25. The lowest BCUT2D eigenvalue weighted by Crippen LogP contribution is -2.38. The summed E-state index contributed by atoms with van der Waals surface area (Å²) >= 11 is 6.32. The Morgan fingerprint density at radius 3 is 1.98 bits per heavy atom. The van der Waals surface area contributed by atoms with Crippen molar-refractivity contribution in [1.29, 1.82) is 0 Å². The highest BCUT2D eigenvalue weighted by atomic mass is 35.5. The van der Waals surface area contributed by atoms with Crippen LogP contribution in [0.15, 0.2) is 101 Å². The number of aryl methyl sites for hydroxylation is 3. The monoisotopic (exact) mass is 597 g/mol. The fourth-order valence-electron chi connectivity index (χ4n) is 3.86. The maximum absolute atomic E-state index is 13.5. The minimum atomic E-state index is -4.14. The van der Waals surface area contributed by atoms with Gasteiger partial charge in [0.05, 0.1) is 20.5 Å².